The van der Waals surface area contributed by atoms with Gasteiger partial charge in [-0.15, -0.1) is 10.2 Å². The van der Waals surface area contributed by atoms with Crippen molar-refractivity contribution in [2.24, 2.45) is 7.05 Å². The van der Waals surface area contributed by atoms with E-state index in [0.29, 0.717) is 19.0 Å². The van der Waals surface area contributed by atoms with E-state index in [0.717, 1.165) is 11.6 Å². The minimum atomic E-state index is -0.0457. The van der Waals surface area contributed by atoms with Crippen LogP contribution in [0.3, 0.4) is 0 Å². The van der Waals surface area contributed by atoms with Crippen molar-refractivity contribution in [2.75, 3.05) is 6.54 Å². The zero-order valence-corrected chi connectivity index (χ0v) is 12.9. The molecule has 1 aromatic heterocycles. The van der Waals surface area contributed by atoms with Crippen molar-refractivity contribution in [1.82, 2.24) is 25.0 Å². The number of carbonyl (C=O) groups is 1. The molecule has 0 aromatic carbocycles. The number of carbonyl (C=O) groups excluding carboxylic acids is 1. The first-order valence-corrected chi connectivity index (χ1v) is 7.47. The monoisotopic (exact) mass is 279 g/mol. The molecule has 0 unspecified atom stereocenters. The van der Waals surface area contributed by atoms with Gasteiger partial charge in [-0.2, -0.15) is 0 Å². The first-order chi connectivity index (χ1) is 9.54. The molecule has 1 fully saturated rings. The van der Waals surface area contributed by atoms with Crippen LogP contribution in [-0.4, -0.2) is 38.3 Å². The number of amides is 2. The Labute approximate surface area is 120 Å². The highest BCUT2D eigenvalue weighted by Crippen LogP contribution is 2.34. The standard InChI is InChI=1S/C14H25N5O/c1-5-19(10(2)3)14(20)15-9-12-16-17-13(18(12)4)11-7-6-8-11/h10-11H,5-9H2,1-4H3,(H,15,20). The summed E-state index contributed by atoms with van der Waals surface area (Å²) < 4.78 is 2.02. The third-order valence-corrected chi connectivity index (χ3v) is 4.09. The maximum absolute atomic E-state index is 12.1. The van der Waals surface area contributed by atoms with Crippen molar-refractivity contribution in [3.8, 4) is 0 Å². The van der Waals surface area contributed by atoms with E-state index in [1.165, 1.54) is 19.3 Å². The van der Waals surface area contributed by atoms with Crippen molar-refractivity contribution in [2.45, 2.75) is 58.5 Å². The molecule has 0 saturated heterocycles. The highest BCUT2D eigenvalue weighted by atomic mass is 16.2. The first kappa shape index (κ1) is 14.8. The second-order valence-corrected chi connectivity index (χ2v) is 5.70. The van der Waals surface area contributed by atoms with E-state index in [-0.39, 0.29) is 12.1 Å². The zero-order chi connectivity index (χ0) is 14.7. The average Bonchev–Trinajstić information content (AvgIpc) is 2.67. The molecule has 2 amide bonds. The van der Waals surface area contributed by atoms with E-state index in [9.17, 15) is 4.79 Å². The number of nitrogens with one attached hydrogen (secondary N) is 1. The molecule has 0 atom stereocenters. The molecular weight excluding hydrogens is 254 g/mol. The van der Waals surface area contributed by atoms with Gasteiger partial charge in [0.1, 0.15) is 5.82 Å². The predicted octanol–water partition coefficient (Wildman–Crippen LogP) is 2.02. The summed E-state index contributed by atoms with van der Waals surface area (Å²) in [5.41, 5.74) is 0. The molecule has 0 bridgehead atoms. The van der Waals surface area contributed by atoms with E-state index in [1.54, 1.807) is 4.90 Å². The van der Waals surface area contributed by atoms with Crippen LogP contribution in [0.15, 0.2) is 0 Å². The molecule has 0 spiro atoms. The van der Waals surface area contributed by atoms with Crippen LogP contribution in [0, 0.1) is 0 Å². The molecule has 1 N–H and O–H groups in total. The summed E-state index contributed by atoms with van der Waals surface area (Å²) in [6.45, 7) is 7.14. The second-order valence-electron chi connectivity index (χ2n) is 5.70. The predicted molar refractivity (Wildman–Crippen MR) is 77.3 cm³/mol. The van der Waals surface area contributed by atoms with E-state index >= 15 is 0 Å². The Bertz CT molecular complexity index is 464. The van der Waals surface area contributed by atoms with E-state index in [2.05, 4.69) is 15.5 Å². The molecule has 20 heavy (non-hydrogen) atoms. The lowest BCUT2D eigenvalue weighted by atomic mass is 9.85. The normalized spacial score (nSPS) is 15.2. The Morgan fingerprint density at radius 2 is 2.15 bits per heavy atom. The van der Waals surface area contributed by atoms with Gasteiger partial charge in [0.2, 0.25) is 0 Å². The van der Waals surface area contributed by atoms with Gasteiger partial charge >= 0.3 is 6.03 Å². The maximum Gasteiger partial charge on any atom is 0.317 e. The summed E-state index contributed by atoms with van der Waals surface area (Å²) in [6, 6.07) is 0.153. The number of nitrogens with zero attached hydrogens (tertiary/aromatic N) is 4. The lowest BCUT2D eigenvalue weighted by Crippen LogP contribution is -2.43. The molecule has 1 aromatic rings. The molecule has 2 rings (SSSR count). The average molecular weight is 279 g/mol. The lowest BCUT2D eigenvalue weighted by molar-refractivity contribution is 0.186. The van der Waals surface area contributed by atoms with Gasteiger partial charge in [-0.3, -0.25) is 0 Å². The largest absolute Gasteiger partial charge is 0.331 e. The van der Waals surface area contributed by atoms with Crippen LogP contribution in [-0.2, 0) is 13.6 Å². The Morgan fingerprint density at radius 1 is 1.45 bits per heavy atom. The van der Waals surface area contributed by atoms with Gasteiger partial charge < -0.3 is 14.8 Å². The van der Waals surface area contributed by atoms with Gasteiger partial charge in [-0.25, -0.2) is 4.79 Å². The Morgan fingerprint density at radius 3 is 2.65 bits per heavy atom. The summed E-state index contributed by atoms with van der Waals surface area (Å²) in [5.74, 6) is 2.43. The summed E-state index contributed by atoms with van der Waals surface area (Å²) >= 11 is 0. The van der Waals surface area contributed by atoms with Crippen molar-refractivity contribution >= 4 is 6.03 Å². The maximum atomic E-state index is 12.1. The molecule has 112 valence electrons. The fraction of sp³-hybridized carbons (Fsp3) is 0.786. The third-order valence-electron chi connectivity index (χ3n) is 4.09. The molecule has 0 radical (unpaired) electrons. The van der Waals surface area contributed by atoms with Gasteiger partial charge in [-0.05, 0) is 33.6 Å². The fourth-order valence-corrected chi connectivity index (χ4v) is 2.55. The van der Waals surface area contributed by atoms with Gasteiger partial charge in [0, 0.05) is 25.6 Å². The molecule has 1 aliphatic rings. The zero-order valence-electron chi connectivity index (χ0n) is 12.9. The Balaban J connectivity index is 1.93. The summed E-state index contributed by atoms with van der Waals surface area (Å²) in [5, 5.41) is 11.4. The van der Waals surface area contributed by atoms with Crippen LogP contribution < -0.4 is 5.32 Å². The smallest absolute Gasteiger partial charge is 0.317 e. The molecule has 1 saturated carbocycles. The van der Waals surface area contributed by atoms with Crippen molar-refractivity contribution in [3.63, 3.8) is 0 Å². The van der Waals surface area contributed by atoms with Crippen molar-refractivity contribution in [1.29, 1.82) is 0 Å². The second kappa shape index (κ2) is 6.24. The topological polar surface area (TPSA) is 63.1 Å². The van der Waals surface area contributed by atoms with Crippen LogP contribution in [0.1, 0.15) is 57.6 Å². The minimum absolute atomic E-state index is 0.0457. The van der Waals surface area contributed by atoms with Crippen LogP contribution in [0.5, 0.6) is 0 Å². The highest BCUT2D eigenvalue weighted by molar-refractivity contribution is 5.74. The van der Waals surface area contributed by atoms with Crippen molar-refractivity contribution < 1.29 is 4.79 Å². The Kier molecular flexibility index (Phi) is 4.62. The lowest BCUT2D eigenvalue weighted by Gasteiger charge is -2.25. The summed E-state index contributed by atoms with van der Waals surface area (Å²) in [4.78, 5) is 13.9. The van der Waals surface area contributed by atoms with Gasteiger partial charge in [0.15, 0.2) is 5.82 Å². The third kappa shape index (κ3) is 2.94. The summed E-state index contributed by atoms with van der Waals surface area (Å²) in [7, 11) is 1.98. The van der Waals surface area contributed by atoms with Gasteiger partial charge in [-0.1, -0.05) is 6.42 Å². The molecular formula is C14H25N5O. The number of hydrogen-bond acceptors (Lipinski definition) is 3. The SMILES string of the molecule is CCN(C(=O)NCc1nnc(C2CCC2)n1C)C(C)C. The van der Waals surface area contributed by atoms with Crippen LogP contribution in [0.4, 0.5) is 4.79 Å². The van der Waals surface area contributed by atoms with Gasteiger partial charge in [0.25, 0.3) is 0 Å². The number of urea groups is 1. The Hall–Kier alpha value is -1.59. The fourth-order valence-electron chi connectivity index (χ4n) is 2.55. The molecule has 1 heterocycles. The van der Waals surface area contributed by atoms with Gasteiger partial charge in [0.05, 0.1) is 6.54 Å². The van der Waals surface area contributed by atoms with Crippen LogP contribution in [0.25, 0.3) is 0 Å². The number of rotatable bonds is 5. The number of hydrogen-bond donors (Lipinski definition) is 1. The van der Waals surface area contributed by atoms with E-state index in [4.69, 9.17) is 0 Å². The van der Waals surface area contributed by atoms with Crippen molar-refractivity contribution in [3.05, 3.63) is 11.6 Å². The first-order valence-electron chi connectivity index (χ1n) is 7.47. The van der Waals surface area contributed by atoms with E-state index in [1.807, 2.05) is 32.4 Å². The molecule has 0 aliphatic heterocycles. The quantitative estimate of drug-likeness (QED) is 0.897. The molecule has 6 nitrogen and oxygen atoms in total. The van der Waals surface area contributed by atoms with E-state index < -0.39 is 0 Å². The molecule has 6 heteroatoms. The van der Waals surface area contributed by atoms with Crippen LogP contribution >= 0.6 is 0 Å². The highest BCUT2D eigenvalue weighted by Gasteiger charge is 2.25. The van der Waals surface area contributed by atoms with Crippen LogP contribution in [0.2, 0.25) is 0 Å². The summed E-state index contributed by atoms with van der Waals surface area (Å²) in [6.07, 6.45) is 3.69. The number of aromatic nitrogens is 3. The minimum Gasteiger partial charge on any atom is -0.331 e. The molecule has 1 aliphatic carbocycles.